The lowest BCUT2D eigenvalue weighted by atomic mass is 10.1. The van der Waals surface area contributed by atoms with Crippen molar-refractivity contribution in [1.82, 2.24) is 0 Å². The van der Waals surface area contributed by atoms with Gasteiger partial charge in [-0.05, 0) is 180 Å². The van der Waals surface area contributed by atoms with Gasteiger partial charge < -0.3 is 19.6 Å². The quantitative estimate of drug-likeness (QED) is 0.122. The first kappa shape index (κ1) is 40.6. The number of para-hydroxylation sites is 1. The van der Waals surface area contributed by atoms with Gasteiger partial charge in [0.25, 0.3) is 0 Å². The number of nitrogens with zero attached hydrogens (tertiary/aromatic N) is 4. The molecule has 0 aliphatic heterocycles. The lowest BCUT2D eigenvalue weighted by Crippen LogP contribution is -2.14. The minimum Gasteiger partial charge on any atom is -0.311 e. The summed E-state index contributed by atoms with van der Waals surface area (Å²) in [5.41, 5.74) is 19.3. The molecule has 4 nitrogen and oxygen atoms in total. The van der Waals surface area contributed by atoms with Crippen molar-refractivity contribution in [1.29, 1.82) is 0 Å². The Hall–Kier alpha value is -7.82. The van der Waals surface area contributed by atoms with Crippen LogP contribution in [0.3, 0.4) is 0 Å². The smallest absolute Gasteiger partial charge is 0.0463 e. The first-order valence-electron chi connectivity index (χ1n) is 21.7. The van der Waals surface area contributed by atoms with Gasteiger partial charge in [-0.3, -0.25) is 0 Å². The maximum Gasteiger partial charge on any atom is 0.0463 e. The van der Waals surface area contributed by atoms with Crippen LogP contribution >= 0.6 is 0 Å². The van der Waals surface area contributed by atoms with E-state index in [1.165, 1.54) is 27.8 Å². The van der Waals surface area contributed by atoms with Crippen LogP contribution in [0.2, 0.25) is 0 Å². The van der Waals surface area contributed by atoms with Crippen LogP contribution in [0.5, 0.6) is 0 Å². The SMILES string of the molecule is Cc1ccc(N(c2ccccc2)c2ccc(N(c3ccc(N(c4ccc(C)cc4)c4ccc(C)cc4)cc3)c3ccc(N(c4ccc(C)cc4)c4ccc(C)cc4)cc3)cc2)cc1. The lowest BCUT2D eigenvalue weighted by Gasteiger charge is -2.30. The molecule has 9 aromatic carbocycles. The minimum absolute atomic E-state index is 1.05. The van der Waals surface area contributed by atoms with Crippen molar-refractivity contribution >= 4 is 68.2 Å². The average molecular weight is 817 g/mol. The molecule has 9 rings (SSSR count). The Morgan fingerprint density at radius 3 is 0.444 bits per heavy atom. The summed E-state index contributed by atoms with van der Waals surface area (Å²) in [4.78, 5) is 9.31. The van der Waals surface area contributed by atoms with Crippen LogP contribution in [0.4, 0.5) is 68.2 Å². The molecule has 0 aliphatic rings. The third kappa shape index (κ3) is 8.98. The third-order valence-electron chi connectivity index (χ3n) is 11.6. The summed E-state index contributed by atoms with van der Waals surface area (Å²) < 4.78 is 0. The van der Waals surface area contributed by atoms with Gasteiger partial charge in [0.15, 0.2) is 0 Å². The van der Waals surface area contributed by atoms with E-state index in [9.17, 15) is 0 Å². The predicted octanol–water partition coefficient (Wildman–Crippen LogP) is 17.1. The van der Waals surface area contributed by atoms with E-state index in [0.29, 0.717) is 0 Å². The molecule has 0 atom stereocenters. The monoisotopic (exact) mass is 816 g/mol. The van der Waals surface area contributed by atoms with E-state index in [4.69, 9.17) is 0 Å². The largest absolute Gasteiger partial charge is 0.311 e. The molecule has 0 saturated carbocycles. The van der Waals surface area contributed by atoms with Crippen LogP contribution < -0.4 is 19.6 Å². The van der Waals surface area contributed by atoms with Crippen LogP contribution in [0.15, 0.2) is 224 Å². The Bertz CT molecular complexity index is 2640. The molecule has 0 unspecified atom stereocenters. The molecule has 0 fully saturated rings. The van der Waals surface area contributed by atoms with E-state index < -0.39 is 0 Å². The molecule has 0 bridgehead atoms. The van der Waals surface area contributed by atoms with Gasteiger partial charge in [0, 0.05) is 68.2 Å². The fourth-order valence-electron chi connectivity index (χ4n) is 8.09. The van der Waals surface area contributed by atoms with Crippen molar-refractivity contribution in [3.05, 3.63) is 252 Å². The normalized spacial score (nSPS) is 10.9. The minimum atomic E-state index is 1.05. The summed E-state index contributed by atoms with van der Waals surface area (Å²) in [7, 11) is 0. The molecule has 0 N–H and O–H groups in total. The summed E-state index contributed by atoms with van der Waals surface area (Å²) in [6.45, 7) is 10.7. The van der Waals surface area contributed by atoms with Crippen molar-refractivity contribution in [3.8, 4) is 0 Å². The van der Waals surface area contributed by atoms with Gasteiger partial charge in [0.1, 0.15) is 0 Å². The molecule has 0 amide bonds. The van der Waals surface area contributed by atoms with Crippen LogP contribution in [0, 0.1) is 34.6 Å². The van der Waals surface area contributed by atoms with Crippen LogP contribution in [-0.2, 0) is 0 Å². The second kappa shape index (κ2) is 18.0. The molecule has 0 radical (unpaired) electrons. The van der Waals surface area contributed by atoms with Gasteiger partial charge >= 0.3 is 0 Å². The van der Waals surface area contributed by atoms with Crippen molar-refractivity contribution in [2.45, 2.75) is 34.6 Å². The fraction of sp³-hybridized carbons (Fsp3) is 0.0847. The van der Waals surface area contributed by atoms with Gasteiger partial charge in [-0.15, -0.1) is 0 Å². The van der Waals surface area contributed by atoms with Crippen LogP contribution in [-0.4, -0.2) is 0 Å². The standard InChI is InChI=1S/C59H52N4/c1-43-11-21-49(22-12-43)60(48-9-7-6-8-10-48)54-31-33-57(34-32-54)63(58-39-35-55(36-40-58)61(50-23-13-44(2)14-24-50)51-25-15-45(3)16-26-51)59-41-37-56(38-42-59)62(52-27-17-46(4)18-28-52)53-29-19-47(5)20-30-53/h6-42H,1-5H3. The fourth-order valence-corrected chi connectivity index (χ4v) is 8.09. The molecule has 0 spiro atoms. The van der Waals surface area contributed by atoms with E-state index in [2.05, 4.69) is 279 Å². The molecule has 9 aromatic rings. The third-order valence-corrected chi connectivity index (χ3v) is 11.6. The molecule has 0 saturated heterocycles. The van der Waals surface area contributed by atoms with Crippen LogP contribution in [0.25, 0.3) is 0 Å². The molecule has 0 aliphatic carbocycles. The maximum absolute atomic E-state index is 2.35. The van der Waals surface area contributed by atoms with E-state index in [1.807, 2.05) is 0 Å². The van der Waals surface area contributed by atoms with Crippen molar-refractivity contribution < 1.29 is 0 Å². The summed E-state index contributed by atoms with van der Waals surface area (Å²) >= 11 is 0. The number of aryl methyl sites for hydroxylation is 5. The summed E-state index contributed by atoms with van der Waals surface area (Å²) in [6, 6.07) is 81.1. The van der Waals surface area contributed by atoms with Crippen molar-refractivity contribution in [2.75, 3.05) is 19.6 Å². The number of rotatable bonds is 12. The summed E-state index contributed by atoms with van der Waals surface area (Å²) in [5.74, 6) is 0. The highest BCUT2D eigenvalue weighted by atomic mass is 15.2. The topological polar surface area (TPSA) is 13.0 Å². The molecular weight excluding hydrogens is 765 g/mol. The Kier molecular flexibility index (Phi) is 11.6. The van der Waals surface area contributed by atoms with Gasteiger partial charge in [-0.25, -0.2) is 0 Å². The zero-order valence-electron chi connectivity index (χ0n) is 36.7. The van der Waals surface area contributed by atoms with Gasteiger partial charge in [-0.2, -0.15) is 0 Å². The molecular formula is C59H52N4. The Labute approximate surface area is 373 Å². The Morgan fingerprint density at radius 1 is 0.159 bits per heavy atom. The second-order valence-electron chi connectivity index (χ2n) is 16.4. The van der Waals surface area contributed by atoms with Crippen molar-refractivity contribution in [2.24, 2.45) is 0 Å². The number of anilines is 12. The van der Waals surface area contributed by atoms with E-state index in [0.717, 1.165) is 68.2 Å². The molecule has 0 heterocycles. The highest BCUT2D eigenvalue weighted by Crippen LogP contribution is 2.43. The number of hydrogen-bond acceptors (Lipinski definition) is 4. The van der Waals surface area contributed by atoms with Crippen molar-refractivity contribution in [3.63, 3.8) is 0 Å². The zero-order valence-corrected chi connectivity index (χ0v) is 36.7. The van der Waals surface area contributed by atoms with Gasteiger partial charge in [-0.1, -0.05) is 107 Å². The van der Waals surface area contributed by atoms with Gasteiger partial charge in [0.2, 0.25) is 0 Å². The average Bonchev–Trinajstić information content (AvgIpc) is 3.32. The predicted molar refractivity (Wildman–Crippen MR) is 269 cm³/mol. The van der Waals surface area contributed by atoms with E-state index in [-0.39, 0.29) is 0 Å². The first-order valence-corrected chi connectivity index (χ1v) is 21.7. The Balaban J connectivity index is 1.13. The van der Waals surface area contributed by atoms with Gasteiger partial charge in [0.05, 0.1) is 0 Å². The van der Waals surface area contributed by atoms with E-state index >= 15 is 0 Å². The van der Waals surface area contributed by atoms with E-state index in [1.54, 1.807) is 0 Å². The maximum atomic E-state index is 2.35. The summed E-state index contributed by atoms with van der Waals surface area (Å²) in [5, 5.41) is 0. The Morgan fingerprint density at radius 2 is 0.286 bits per heavy atom. The molecule has 63 heavy (non-hydrogen) atoms. The number of benzene rings is 9. The first-order chi connectivity index (χ1) is 30.8. The highest BCUT2D eigenvalue weighted by Gasteiger charge is 2.19. The highest BCUT2D eigenvalue weighted by molar-refractivity contribution is 5.85. The zero-order chi connectivity index (χ0) is 43.3. The molecule has 4 heteroatoms. The summed E-state index contributed by atoms with van der Waals surface area (Å²) in [6.07, 6.45) is 0. The second-order valence-corrected chi connectivity index (χ2v) is 16.4. The molecule has 0 aromatic heterocycles. The van der Waals surface area contributed by atoms with Crippen LogP contribution in [0.1, 0.15) is 27.8 Å². The lowest BCUT2D eigenvalue weighted by molar-refractivity contribution is 1.23. The number of hydrogen-bond donors (Lipinski definition) is 0. The molecule has 308 valence electrons.